The van der Waals surface area contributed by atoms with Gasteiger partial charge in [-0.3, -0.25) is 0 Å². The minimum absolute atomic E-state index is 0.300. The number of benzene rings is 1. The zero-order valence-electron chi connectivity index (χ0n) is 9.12. The number of carboxylic acid groups (broad SMARTS) is 1. The molecule has 0 aliphatic rings. The standard InChI is InChI=1S/C12H10N2O2S/c1-8-3-2-4-9(12(15)16)11(8)17-10-5-6-13-7-14-10/h2-7H,1H3,(H,15,16). The molecule has 0 saturated carbocycles. The summed E-state index contributed by atoms with van der Waals surface area (Å²) < 4.78 is 0. The van der Waals surface area contributed by atoms with Gasteiger partial charge in [0.15, 0.2) is 0 Å². The summed E-state index contributed by atoms with van der Waals surface area (Å²) in [6.07, 6.45) is 3.08. The molecule has 0 atom stereocenters. The van der Waals surface area contributed by atoms with Gasteiger partial charge in [-0.2, -0.15) is 0 Å². The highest BCUT2D eigenvalue weighted by Gasteiger charge is 2.13. The number of aryl methyl sites for hydroxylation is 1. The van der Waals surface area contributed by atoms with Gasteiger partial charge in [-0.15, -0.1) is 0 Å². The van der Waals surface area contributed by atoms with E-state index >= 15 is 0 Å². The van der Waals surface area contributed by atoms with E-state index in [2.05, 4.69) is 9.97 Å². The number of rotatable bonds is 3. The largest absolute Gasteiger partial charge is 0.478 e. The van der Waals surface area contributed by atoms with Crippen LogP contribution in [0.3, 0.4) is 0 Å². The van der Waals surface area contributed by atoms with Crippen molar-refractivity contribution in [2.75, 3.05) is 0 Å². The van der Waals surface area contributed by atoms with Crippen molar-refractivity contribution < 1.29 is 9.90 Å². The Labute approximate surface area is 103 Å². The Balaban J connectivity index is 2.41. The monoisotopic (exact) mass is 246 g/mol. The number of nitrogens with zero attached hydrogens (tertiary/aromatic N) is 2. The molecule has 2 aromatic rings. The summed E-state index contributed by atoms with van der Waals surface area (Å²) in [7, 11) is 0. The molecule has 0 saturated heterocycles. The molecule has 0 spiro atoms. The highest BCUT2D eigenvalue weighted by molar-refractivity contribution is 7.99. The highest BCUT2D eigenvalue weighted by atomic mass is 32.2. The minimum Gasteiger partial charge on any atom is -0.478 e. The van der Waals surface area contributed by atoms with Gasteiger partial charge >= 0.3 is 5.97 Å². The predicted octanol–water partition coefficient (Wildman–Crippen LogP) is 2.63. The predicted molar refractivity (Wildman–Crippen MR) is 64.3 cm³/mol. The van der Waals surface area contributed by atoms with Crippen LogP contribution in [0.5, 0.6) is 0 Å². The van der Waals surface area contributed by atoms with Crippen molar-refractivity contribution in [2.45, 2.75) is 16.8 Å². The molecular formula is C12H10N2O2S. The quantitative estimate of drug-likeness (QED) is 0.843. The first-order valence-electron chi connectivity index (χ1n) is 4.95. The first-order chi connectivity index (χ1) is 8.18. The van der Waals surface area contributed by atoms with Crippen molar-refractivity contribution in [1.29, 1.82) is 0 Å². The Bertz CT molecular complexity index is 543. The van der Waals surface area contributed by atoms with Crippen LogP contribution in [0, 0.1) is 6.92 Å². The molecule has 0 aliphatic carbocycles. The average Bonchev–Trinajstić information content (AvgIpc) is 2.33. The number of hydrogen-bond acceptors (Lipinski definition) is 4. The number of carbonyl (C=O) groups is 1. The van der Waals surface area contributed by atoms with Crippen LogP contribution in [0.25, 0.3) is 0 Å². The SMILES string of the molecule is Cc1cccc(C(=O)O)c1Sc1ccncn1. The molecule has 0 aliphatic heterocycles. The molecule has 4 nitrogen and oxygen atoms in total. The molecule has 1 heterocycles. The minimum atomic E-state index is -0.926. The highest BCUT2D eigenvalue weighted by Crippen LogP contribution is 2.31. The molecule has 17 heavy (non-hydrogen) atoms. The number of carboxylic acids is 1. The fourth-order valence-corrected chi connectivity index (χ4v) is 2.33. The van der Waals surface area contributed by atoms with Crippen LogP contribution in [-0.4, -0.2) is 21.0 Å². The van der Waals surface area contributed by atoms with E-state index in [1.165, 1.54) is 18.1 Å². The Morgan fingerprint density at radius 2 is 2.18 bits per heavy atom. The number of aromatic nitrogens is 2. The van der Waals surface area contributed by atoms with E-state index in [0.29, 0.717) is 5.56 Å². The van der Waals surface area contributed by atoms with Gasteiger partial charge < -0.3 is 5.11 Å². The van der Waals surface area contributed by atoms with E-state index in [0.717, 1.165) is 15.5 Å². The van der Waals surface area contributed by atoms with Crippen molar-refractivity contribution in [3.63, 3.8) is 0 Å². The third-order valence-corrected chi connectivity index (χ3v) is 3.40. The normalized spacial score (nSPS) is 10.2. The molecule has 0 amide bonds. The van der Waals surface area contributed by atoms with Gasteiger partial charge in [-0.1, -0.05) is 23.9 Å². The maximum atomic E-state index is 11.1. The second-order valence-electron chi connectivity index (χ2n) is 3.41. The zero-order valence-corrected chi connectivity index (χ0v) is 9.94. The zero-order chi connectivity index (χ0) is 12.3. The van der Waals surface area contributed by atoms with Crippen LogP contribution in [-0.2, 0) is 0 Å². The Morgan fingerprint density at radius 3 is 2.82 bits per heavy atom. The van der Waals surface area contributed by atoms with Gasteiger partial charge in [0.05, 0.1) is 5.56 Å². The molecular weight excluding hydrogens is 236 g/mol. The van der Waals surface area contributed by atoms with Crippen LogP contribution in [0.1, 0.15) is 15.9 Å². The van der Waals surface area contributed by atoms with Gasteiger partial charge in [-0.25, -0.2) is 14.8 Å². The van der Waals surface area contributed by atoms with Gasteiger partial charge in [0.25, 0.3) is 0 Å². The summed E-state index contributed by atoms with van der Waals surface area (Å²) in [6, 6.07) is 6.97. The average molecular weight is 246 g/mol. The van der Waals surface area contributed by atoms with Crippen molar-refractivity contribution in [3.8, 4) is 0 Å². The number of hydrogen-bond donors (Lipinski definition) is 1. The van der Waals surface area contributed by atoms with Gasteiger partial charge in [0.2, 0.25) is 0 Å². The summed E-state index contributed by atoms with van der Waals surface area (Å²) in [5.41, 5.74) is 1.22. The molecule has 0 fully saturated rings. The van der Waals surface area contributed by atoms with E-state index in [1.54, 1.807) is 24.4 Å². The van der Waals surface area contributed by atoms with Crippen molar-refractivity contribution in [2.24, 2.45) is 0 Å². The molecule has 86 valence electrons. The Hall–Kier alpha value is -1.88. The van der Waals surface area contributed by atoms with E-state index in [1.807, 2.05) is 13.0 Å². The first-order valence-corrected chi connectivity index (χ1v) is 5.77. The second kappa shape index (κ2) is 4.97. The maximum absolute atomic E-state index is 11.1. The van der Waals surface area contributed by atoms with E-state index in [-0.39, 0.29) is 0 Å². The molecule has 0 bridgehead atoms. The van der Waals surface area contributed by atoms with Gasteiger partial charge in [-0.05, 0) is 24.6 Å². The molecule has 2 rings (SSSR count). The van der Waals surface area contributed by atoms with Crippen molar-refractivity contribution >= 4 is 17.7 Å². The molecule has 0 unspecified atom stereocenters. The number of aromatic carboxylic acids is 1. The third-order valence-electron chi connectivity index (χ3n) is 2.20. The summed E-state index contributed by atoms with van der Waals surface area (Å²) >= 11 is 1.34. The fourth-order valence-electron chi connectivity index (χ4n) is 1.40. The van der Waals surface area contributed by atoms with Gasteiger partial charge in [0, 0.05) is 11.1 Å². The van der Waals surface area contributed by atoms with Crippen LogP contribution in [0.4, 0.5) is 0 Å². The molecule has 1 aromatic heterocycles. The van der Waals surface area contributed by atoms with Gasteiger partial charge in [0.1, 0.15) is 11.4 Å². The van der Waals surface area contributed by atoms with Crippen LogP contribution < -0.4 is 0 Å². The van der Waals surface area contributed by atoms with Crippen molar-refractivity contribution in [3.05, 3.63) is 47.9 Å². The van der Waals surface area contributed by atoms with E-state index in [9.17, 15) is 4.79 Å². The summed E-state index contributed by atoms with van der Waals surface area (Å²) in [5, 5.41) is 9.86. The second-order valence-corrected chi connectivity index (χ2v) is 4.44. The fraction of sp³-hybridized carbons (Fsp3) is 0.0833. The van der Waals surface area contributed by atoms with Crippen LogP contribution in [0.2, 0.25) is 0 Å². The lowest BCUT2D eigenvalue weighted by Gasteiger charge is -2.08. The van der Waals surface area contributed by atoms with E-state index < -0.39 is 5.97 Å². The third kappa shape index (κ3) is 2.62. The molecule has 0 radical (unpaired) electrons. The summed E-state index contributed by atoms with van der Waals surface area (Å²) in [5.74, 6) is -0.926. The van der Waals surface area contributed by atoms with Crippen molar-refractivity contribution in [1.82, 2.24) is 9.97 Å². The molecule has 5 heteroatoms. The lowest BCUT2D eigenvalue weighted by molar-refractivity contribution is 0.0693. The summed E-state index contributed by atoms with van der Waals surface area (Å²) in [4.78, 5) is 19.7. The lowest BCUT2D eigenvalue weighted by atomic mass is 10.1. The van der Waals surface area contributed by atoms with Crippen LogP contribution in [0.15, 0.2) is 46.7 Å². The van der Waals surface area contributed by atoms with Crippen LogP contribution >= 0.6 is 11.8 Å². The molecule has 1 aromatic carbocycles. The Kier molecular flexibility index (Phi) is 3.39. The van der Waals surface area contributed by atoms with E-state index in [4.69, 9.17) is 5.11 Å². The smallest absolute Gasteiger partial charge is 0.336 e. The maximum Gasteiger partial charge on any atom is 0.336 e. The Morgan fingerprint density at radius 1 is 1.35 bits per heavy atom. The summed E-state index contributed by atoms with van der Waals surface area (Å²) in [6.45, 7) is 1.88. The lowest BCUT2D eigenvalue weighted by Crippen LogP contribution is -2.00. The topological polar surface area (TPSA) is 63.1 Å². The molecule has 1 N–H and O–H groups in total. The first kappa shape index (κ1) is 11.6.